The fourth-order valence-corrected chi connectivity index (χ4v) is 12.2. The van der Waals surface area contributed by atoms with Gasteiger partial charge in [0.05, 0.1) is 0 Å². The highest BCUT2D eigenvalue weighted by Crippen LogP contribution is 2.54. The summed E-state index contributed by atoms with van der Waals surface area (Å²) >= 11 is 0. The van der Waals surface area contributed by atoms with E-state index in [4.69, 9.17) is 0 Å². The van der Waals surface area contributed by atoms with Gasteiger partial charge in [0, 0.05) is 39.0 Å². The van der Waals surface area contributed by atoms with Crippen LogP contribution < -0.4 is 9.80 Å². The average molecular weight is 999 g/mol. The van der Waals surface area contributed by atoms with Gasteiger partial charge in [-0.2, -0.15) is 0 Å². The van der Waals surface area contributed by atoms with Crippen LogP contribution in [0.25, 0.3) is 57.7 Å². The van der Waals surface area contributed by atoms with E-state index in [0.29, 0.717) is 11.9 Å². The Hall–Kier alpha value is -9.14. The Bertz CT molecular complexity index is 3760. The van der Waals surface area contributed by atoms with E-state index in [1.54, 1.807) is 25.3 Å². The number of nitrogens with zero attached hydrogens (tertiary/aromatic N) is 8. The number of fused-ring (bicyclic) bond motifs is 9. The van der Waals surface area contributed by atoms with E-state index < -0.39 is 0 Å². The molecule has 8 aromatic carbocycles. The van der Waals surface area contributed by atoms with Gasteiger partial charge >= 0.3 is 0 Å². The van der Waals surface area contributed by atoms with E-state index in [9.17, 15) is 0 Å². The zero-order valence-corrected chi connectivity index (χ0v) is 44.7. The standard InChI is InChI=1S/C69H58N8/c1-43-9-21-49(22-10-43)76(65-72-39-70-40-73-65)51-25-31-57-55-29-19-47(35-61(55)68(5,6)63(57)37-51)15-13-45-17-27-53-54-28-18-46(34-60(54)67(3,4)59(53)33-45)14-16-48-20-30-56-58-32-26-52(38-64(58)69(7,8)62(56)36-48)77(66-74-41-71-42-75-66)50-23-11-44(2)12-24-50/h9-42H,1-8H3. The van der Waals surface area contributed by atoms with Gasteiger partial charge in [0.2, 0.25) is 11.9 Å². The Morgan fingerprint density at radius 1 is 0.299 bits per heavy atom. The molecule has 2 heterocycles. The molecule has 0 N–H and O–H groups in total. The van der Waals surface area contributed by atoms with Crippen molar-refractivity contribution in [3.8, 4) is 33.4 Å². The van der Waals surface area contributed by atoms with Gasteiger partial charge in [0.25, 0.3) is 0 Å². The van der Waals surface area contributed by atoms with Gasteiger partial charge in [-0.3, -0.25) is 9.80 Å². The van der Waals surface area contributed by atoms with Crippen LogP contribution in [0.3, 0.4) is 0 Å². The second-order valence-electron chi connectivity index (χ2n) is 22.4. The topological polar surface area (TPSA) is 83.8 Å². The van der Waals surface area contributed by atoms with Crippen LogP contribution >= 0.6 is 0 Å². The minimum absolute atomic E-state index is 0.167. The molecule has 0 unspecified atom stereocenters. The first-order valence-corrected chi connectivity index (χ1v) is 26.4. The molecule has 0 saturated carbocycles. The lowest BCUT2D eigenvalue weighted by molar-refractivity contribution is 0.660. The summed E-state index contributed by atoms with van der Waals surface area (Å²) in [6.45, 7) is 18.3. The van der Waals surface area contributed by atoms with E-state index >= 15 is 0 Å². The molecule has 10 aromatic rings. The molecular weight excluding hydrogens is 941 g/mol. The molecule has 0 fully saturated rings. The van der Waals surface area contributed by atoms with Crippen LogP contribution in [-0.2, 0) is 16.2 Å². The van der Waals surface area contributed by atoms with Crippen LogP contribution in [-0.4, -0.2) is 29.9 Å². The highest BCUT2D eigenvalue weighted by molar-refractivity contribution is 5.89. The molecule has 0 spiro atoms. The van der Waals surface area contributed by atoms with Gasteiger partial charge in [0.15, 0.2) is 0 Å². The van der Waals surface area contributed by atoms with Crippen molar-refractivity contribution in [3.63, 3.8) is 0 Å². The molecule has 3 aliphatic rings. The molecule has 0 aliphatic heterocycles. The summed E-state index contributed by atoms with van der Waals surface area (Å²) in [5.41, 5.74) is 26.2. The van der Waals surface area contributed by atoms with E-state index in [-0.39, 0.29) is 16.2 Å². The molecule has 0 radical (unpaired) electrons. The minimum Gasteiger partial charge on any atom is -0.279 e. The number of aromatic nitrogens is 6. The first kappa shape index (κ1) is 47.6. The lowest BCUT2D eigenvalue weighted by atomic mass is 9.81. The molecule has 0 saturated heterocycles. The normalized spacial score (nSPS) is 14.7. The van der Waals surface area contributed by atoms with E-state index in [1.165, 1.54) is 100 Å². The first-order chi connectivity index (χ1) is 37.2. The fourth-order valence-electron chi connectivity index (χ4n) is 12.2. The van der Waals surface area contributed by atoms with Crippen molar-refractivity contribution in [1.82, 2.24) is 29.9 Å². The Labute approximate surface area is 451 Å². The Morgan fingerprint density at radius 2 is 0.545 bits per heavy atom. The van der Waals surface area contributed by atoms with E-state index in [0.717, 1.165) is 22.7 Å². The summed E-state index contributed by atoms with van der Waals surface area (Å²) in [6, 6.07) is 58.2. The van der Waals surface area contributed by atoms with Crippen molar-refractivity contribution in [3.05, 3.63) is 250 Å². The maximum absolute atomic E-state index is 4.56. The summed E-state index contributed by atoms with van der Waals surface area (Å²) in [5, 5.41) is 0. The fraction of sp³-hybridized carbons (Fsp3) is 0.159. The molecule has 77 heavy (non-hydrogen) atoms. The van der Waals surface area contributed by atoms with Crippen molar-refractivity contribution in [2.24, 2.45) is 0 Å². The number of hydrogen-bond donors (Lipinski definition) is 0. The molecule has 0 bridgehead atoms. The first-order valence-electron chi connectivity index (χ1n) is 26.4. The predicted octanol–water partition coefficient (Wildman–Crippen LogP) is 16.9. The minimum atomic E-state index is -0.222. The summed E-state index contributed by atoms with van der Waals surface area (Å²) in [7, 11) is 0. The molecule has 0 atom stereocenters. The molecular formula is C69H58N8. The lowest BCUT2D eigenvalue weighted by Crippen LogP contribution is -2.17. The molecule has 3 aliphatic carbocycles. The summed E-state index contributed by atoms with van der Waals surface area (Å²) in [5.74, 6) is 1.17. The van der Waals surface area contributed by atoms with Crippen LogP contribution in [0.5, 0.6) is 0 Å². The van der Waals surface area contributed by atoms with Gasteiger partial charge in [-0.1, -0.05) is 186 Å². The van der Waals surface area contributed by atoms with Crippen molar-refractivity contribution in [1.29, 1.82) is 0 Å². The van der Waals surface area contributed by atoms with Gasteiger partial charge < -0.3 is 0 Å². The third kappa shape index (κ3) is 8.06. The van der Waals surface area contributed by atoms with Crippen LogP contribution in [0, 0.1) is 13.8 Å². The van der Waals surface area contributed by atoms with Gasteiger partial charge in [-0.05, 0) is 151 Å². The number of rotatable bonds is 10. The molecule has 2 aromatic heterocycles. The smallest absolute Gasteiger partial charge is 0.237 e. The Kier molecular flexibility index (Phi) is 11.1. The average Bonchev–Trinajstić information content (AvgIpc) is 4.11. The quantitative estimate of drug-likeness (QED) is 0.125. The Balaban J connectivity index is 0.730. The summed E-state index contributed by atoms with van der Waals surface area (Å²) in [4.78, 5) is 30.6. The predicted molar refractivity (Wildman–Crippen MR) is 315 cm³/mol. The number of aryl methyl sites for hydroxylation is 2. The monoisotopic (exact) mass is 998 g/mol. The van der Waals surface area contributed by atoms with Crippen molar-refractivity contribution in [2.45, 2.75) is 71.6 Å². The molecule has 8 nitrogen and oxygen atoms in total. The maximum atomic E-state index is 4.56. The van der Waals surface area contributed by atoms with Crippen molar-refractivity contribution < 1.29 is 0 Å². The van der Waals surface area contributed by atoms with Crippen molar-refractivity contribution in [2.75, 3.05) is 9.80 Å². The highest BCUT2D eigenvalue weighted by atomic mass is 15.3. The van der Waals surface area contributed by atoms with E-state index in [1.807, 2.05) is 0 Å². The molecule has 374 valence electrons. The second-order valence-corrected chi connectivity index (χ2v) is 22.4. The SMILES string of the molecule is Cc1ccc(N(c2ccc3c(c2)C(C)(C)c2cc(C=Cc4ccc5c(c4)C(C)(C)c4cc(C=Cc6ccc7c(c6)C(C)(C)c6cc(N(c8ccc(C)cc8)c8ncncn8)ccc6-7)ccc4-5)ccc2-3)c2ncncn2)cc1. The lowest BCUT2D eigenvalue weighted by Gasteiger charge is -2.26. The van der Waals surface area contributed by atoms with Crippen LogP contribution in [0.4, 0.5) is 34.6 Å². The van der Waals surface area contributed by atoms with Gasteiger partial charge in [-0.15, -0.1) is 0 Å². The zero-order chi connectivity index (χ0) is 52.8. The summed E-state index contributed by atoms with van der Waals surface area (Å²) in [6.07, 6.45) is 15.3. The van der Waals surface area contributed by atoms with Gasteiger partial charge in [-0.25, -0.2) is 29.9 Å². The Morgan fingerprint density at radius 3 is 0.831 bits per heavy atom. The largest absolute Gasteiger partial charge is 0.279 e. The third-order valence-electron chi connectivity index (χ3n) is 16.5. The third-order valence-corrected chi connectivity index (χ3v) is 16.5. The zero-order valence-electron chi connectivity index (χ0n) is 44.7. The van der Waals surface area contributed by atoms with Crippen LogP contribution in [0.2, 0.25) is 0 Å². The number of hydrogen-bond acceptors (Lipinski definition) is 8. The maximum Gasteiger partial charge on any atom is 0.237 e. The molecule has 13 rings (SSSR count). The number of anilines is 6. The number of benzene rings is 8. The van der Waals surface area contributed by atoms with E-state index in [2.05, 4.69) is 277 Å². The summed E-state index contributed by atoms with van der Waals surface area (Å²) < 4.78 is 0. The molecule has 0 amide bonds. The van der Waals surface area contributed by atoms with Crippen molar-refractivity contribution >= 4 is 59.0 Å². The van der Waals surface area contributed by atoms with Gasteiger partial charge in [0.1, 0.15) is 25.3 Å². The van der Waals surface area contributed by atoms with Crippen LogP contribution in [0.1, 0.15) is 108 Å². The molecule has 8 heteroatoms. The second kappa shape index (κ2) is 18.0. The highest BCUT2D eigenvalue weighted by Gasteiger charge is 2.39. The van der Waals surface area contributed by atoms with Crippen LogP contribution in [0.15, 0.2) is 183 Å².